The topological polar surface area (TPSA) is 29.1 Å². The van der Waals surface area contributed by atoms with Crippen LogP contribution in [0.25, 0.3) is 0 Å². The molecule has 4 unspecified atom stereocenters. The van der Waals surface area contributed by atoms with E-state index in [1.807, 2.05) is 0 Å². The van der Waals surface area contributed by atoms with E-state index in [1.165, 1.54) is 38.5 Å². The summed E-state index contributed by atoms with van der Waals surface area (Å²) in [5.74, 6) is 1.58. The highest BCUT2D eigenvalue weighted by Gasteiger charge is 2.47. The summed E-state index contributed by atoms with van der Waals surface area (Å²) in [6.07, 6.45) is 8.37. The lowest BCUT2D eigenvalue weighted by Gasteiger charge is -2.47. The second-order valence-corrected chi connectivity index (χ2v) is 7.68. The first kappa shape index (κ1) is 15.2. The first-order valence-corrected chi connectivity index (χ1v) is 8.27. The van der Waals surface area contributed by atoms with E-state index in [1.54, 1.807) is 0 Å². The van der Waals surface area contributed by atoms with Crippen LogP contribution in [-0.2, 0) is 4.79 Å². The molecule has 0 aromatic heterocycles. The molecule has 2 aliphatic carbocycles. The first-order valence-electron chi connectivity index (χ1n) is 7.83. The number of halogens is 1. The Bertz CT molecular complexity index is 314. The van der Waals surface area contributed by atoms with Gasteiger partial charge in [-0.3, -0.25) is 4.79 Å². The number of amides is 1. The fourth-order valence-corrected chi connectivity index (χ4v) is 4.95. The van der Waals surface area contributed by atoms with E-state index in [-0.39, 0.29) is 16.8 Å². The molecule has 0 spiro atoms. The third kappa shape index (κ3) is 2.94. The molecule has 0 aliphatic heterocycles. The Morgan fingerprint density at radius 3 is 2.37 bits per heavy atom. The molecular weight excluding hydrogens is 258 g/mol. The fraction of sp³-hybridized carbons (Fsp3) is 0.938. The molecule has 1 N–H and O–H groups in total. The third-order valence-corrected chi connectivity index (χ3v) is 6.50. The van der Waals surface area contributed by atoms with E-state index in [9.17, 15) is 4.79 Å². The maximum atomic E-state index is 11.1. The summed E-state index contributed by atoms with van der Waals surface area (Å²) in [7, 11) is 0. The van der Waals surface area contributed by atoms with Gasteiger partial charge in [0.2, 0.25) is 6.41 Å². The summed E-state index contributed by atoms with van der Waals surface area (Å²) in [6, 6.07) is 0.243. The molecule has 0 aromatic carbocycles. The van der Waals surface area contributed by atoms with Crippen molar-refractivity contribution in [1.82, 2.24) is 5.32 Å². The second kappa shape index (κ2) is 6.03. The molecule has 2 rings (SSSR count). The van der Waals surface area contributed by atoms with E-state index in [0.29, 0.717) is 17.8 Å². The number of hydrogen-bond acceptors (Lipinski definition) is 1. The number of carbonyl (C=O) groups is 1. The van der Waals surface area contributed by atoms with Crippen LogP contribution in [0.4, 0.5) is 0 Å². The van der Waals surface area contributed by atoms with Gasteiger partial charge in [0.15, 0.2) is 0 Å². The zero-order valence-corrected chi connectivity index (χ0v) is 13.2. The molecule has 5 atom stereocenters. The molecule has 0 saturated heterocycles. The number of alkyl halides is 1. The van der Waals surface area contributed by atoms with Gasteiger partial charge in [-0.05, 0) is 42.4 Å². The first-order chi connectivity index (χ1) is 8.99. The standard InChI is InChI=1S/C16H28ClNO/c1-11-6-7-12(2)14(17)13(11)15(18-10-19)16(3)8-4-5-9-16/h10-15H,4-9H2,1-3H3,(H,18,19)/t11?,12?,13?,14?,15-/m1/s1. The largest absolute Gasteiger partial charge is 0.355 e. The Balaban J connectivity index is 2.23. The van der Waals surface area contributed by atoms with Crippen LogP contribution in [0.15, 0.2) is 0 Å². The quantitative estimate of drug-likeness (QED) is 0.614. The lowest BCUT2D eigenvalue weighted by atomic mass is 9.64. The van der Waals surface area contributed by atoms with Crippen molar-refractivity contribution in [3.63, 3.8) is 0 Å². The smallest absolute Gasteiger partial charge is 0.207 e. The normalized spacial score (nSPS) is 39.8. The van der Waals surface area contributed by atoms with Gasteiger partial charge < -0.3 is 5.32 Å². The van der Waals surface area contributed by atoms with Crippen LogP contribution >= 0.6 is 11.6 Å². The molecule has 0 aromatic rings. The van der Waals surface area contributed by atoms with Gasteiger partial charge in [-0.2, -0.15) is 0 Å². The van der Waals surface area contributed by atoms with Crippen LogP contribution in [0.3, 0.4) is 0 Å². The Labute approximate surface area is 122 Å². The van der Waals surface area contributed by atoms with Crippen LogP contribution in [0.2, 0.25) is 0 Å². The van der Waals surface area contributed by atoms with Gasteiger partial charge in [-0.25, -0.2) is 0 Å². The zero-order chi connectivity index (χ0) is 14.0. The average molecular weight is 286 g/mol. The number of hydrogen-bond donors (Lipinski definition) is 1. The van der Waals surface area contributed by atoms with Crippen molar-refractivity contribution in [2.24, 2.45) is 23.2 Å². The maximum absolute atomic E-state index is 11.1. The van der Waals surface area contributed by atoms with Crippen molar-refractivity contribution in [3.8, 4) is 0 Å². The van der Waals surface area contributed by atoms with Gasteiger partial charge in [-0.1, -0.05) is 40.0 Å². The molecule has 2 aliphatic rings. The van der Waals surface area contributed by atoms with Crippen LogP contribution in [0, 0.1) is 23.2 Å². The minimum Gasteiger partial charge on any atom is -0.355 e. The molecule has 0 heterocycles. The number of nitrogens with one attached hydrogen (secondary N) is 1. The molecule has 0 radical (unpaired) electrons. The van der Waals surface area contributed by atoms with Gasteiger partial charge in [0.05, 0.1) is 0 Å². The van der Waals surface area contributed by atoms with Crippen LogP contribution < -0.4 is 5.32 Å². The number of carbonyl (C=O) groups excluding carboxylic acids is 1. The monoisotopic (exact) mass is 285 g/mol. The minimum atomic E-state index is 0.193. The van der Waals surface area contributed by atoms with Crippen molar-refractivity contribution < 1.29 is 4.79 Å². The van der Waals surface area contributed by atoms with E-state index < -0.39 is 0 Å². The fourth-order valence-electron chi connectivity index (χ4n) is 4.43. The molecular formula is C16H28ClNO. The van der Waals surface area contributed by atoms with E-state index >= 15 is 0 Å². The van der Waals surface area contributed by atoms with Gasteiger partial charge in [-0.15, -0.1) is 11.6 Å². The lowest BCUT2D eigenvalue weighted by Crippen LogP contribution is -2.54. The summed E-state index contributed by atoms with van der Waals surface area (Å²) in [4.78, 5) is 11.1. The number of rotatable bonds is 4. The highest BCUT2D eigenvalue weighted by molar-refractivity contribution is 6.21. The average Bonchev–Trinajstić information content (AvgIpc) is 2.81. The Kier molecular flexibility index (Phi) is 4.81. The molecule has 0 bridgehead atoms. The van der Waals surface area contributed by atoms with Crippen molar-refractivity contribution in [2.45, 2.75) is 70.7 Å². The van der Waals surface area contributed by atoms with Crippen LogP contribution in [0.5, 0.6) is 0 Å². The Morgan fingerprint density at radius 2 is 1.79 bits per heavy atom. The summed E-state index contributed by atoms with van der Waals surface area (Å²) in [6.45, 7) is 6.91. The van der Waals surface area contributed by atoms with Crippen molar-refractivity contribution in [2.75, 3.05) is 0 Å². The van der Waals surface area contributed by atoms with Gasteiger partial charge in [0.25, 0.3) is 0 Å². The molecule has 2 nitrogen and oxygen atoms in total. The summed E-state index contributed by atoms with van der Waals surface area (Å²) >= 11 is 6.74. The minimum absolute atomic E-state index is 0.193. The SMILES string of the molecule is CC1CCC(C)C([C@@H](NC=O)C2(C)CCCC2)C1Cl. The van der Waals surface area contributed by atoms with E-state index in [4.69, 9.17) is 11.6 Å². The van der Waals surface area contributed by atoms with Gasteiger partial charge >= 0.3 is 0 Å². The molecule has 3 heteroatoms. The lowest BCUT2D eigenvalue weighted by molar-refractivity contribution is -0.112. The third-order valence-electron chi connectivity index (χ3n) is 5.77. The van der Waals surface area contributed by atoms with Crippen molar-refractivity contribution >= 4 is 18.0 Å². The molecule has 110 valence electrons. The summed E-state index contributed by atoms with van der Waals surface area (Å²) < 4.78 is 0. The van der Waals surface area contributed by atoms with Gasteiger partial charge in [0, 0.05) is 11.4 Å². The van der Waals surface area contributed by atoms with E-state index in [0.717, 1.165) is 6.41 Å². The molecule has 2 saturated carbocycles. The van der Waals surface area contributed by atoms with Crippen molar-refractivity contribution in [3.05, 3.63) is 0 Å². The van der Waals surface area contributed by atoms with Crippen LogP contribution in [0.1, 0.15) is 59.3 Å². The Hall–Kier alpha value is -0.240. The molecule has 1 amide bonds. The molecule has 19 heavy (non-hydrogen) atoms. The van der Waals surface area contributed by atoms with E-state index in [2.05, 4.69) is 26.1 Å². The summed E-state index contributed by atoms with van der Waals surface area (Å²) in [5.41, 5.74) is 0.240. The van der Waals surface area contributed by atoms with Crippen molar-refractivity contribution in [1.29, 1.82) is 0 Å². The second-order valence-electron chi connectivity index (χ2n) is 7.18. The predicted molar refractivity (Wildman–Crippen MR) is 80.3 cm³/mol. The predicted octanol–water partition coefficient (Wildman–Crippen LogP) is 3.97. The highest BCUT2D eigenvalue weighted by Crippen LogP contribution is 2.49. The highest BCUT2D eigenvalue weighted by atomic mass is 35.5. The Morgan fingerprint density at radius 1 is 1.21 bits per heavy atom. The molecule has 2 fully saturated rings. The summed E-state index contributed by atoms with van der Waals surface area (Å²) in [5, 5.41) is 3.34. The van der Waals surface area contributed by atoms with Gasteiger partial charge in [0.1, 0.15) is 0 Å². The zero-order valence-electron chi connectivity index (χ0n) is 12.5. The van der Waals surface area contributed by atoms with Crippen LogP contribution in [-0.4, -0.2) is 17.8 Å². The maximum Gasteiger partial charge on any atom is 0.207 e.